The lowest BCUT2D eigenvalue weighted by atomic mass is 9.89. The molecule has 5 rings (SSSR count). The highest BCUT2D eigenvalue weighted by atomic mass is 19.1. The number of benzene rings is 2. The maximum absolute atomic E-state index is 15.1. The highest BCUT2D eigenvalue weighted by molar-refractivity contribution is 5.98. The van der Waals surface area contributed by atoms with Crippen molar-refractivity contribution in [2.24, 2.45) is 5.92 Å². The first-order valence-corrected chi connectivity index (χ1v) is 11.1. The van der Waals surface area contributed by atoms with Crippen LogP contribution in [0.15, 0.2) is 53.2 Å². The van der Waals surface area contributed by atoms with Crippen LogP contribution in [0.4, 0.5) is 10.4 Å². The molecule has 8 nitrogen and oxygen atoms in total. The number of oxazole rings is 1. The predicted octanol–water partition coefficient (Wildman–Crippen LogP) is 4.21. The minimum absolute atomic E-state index is 0.00726. The number of carbonyl (C=O) groups is 1. The van der Waals surface area contributed by atoms with Crippen molar-refractivity contribution in [3.63, 3.8) is 0 Å². The van der Waals surface area contributed by atoms with Crippen molar-refractivity contribution in [3.8, 4) is 5.69 Å². The van der Waals surface area contributed by atoms with Gasteiger partial charge in [-0.1, -0.05) is 25.1 Å². The van der Waals surface area contributed by atoms with Gasteiger partial charge in [-0.15, -0.1) is 0 Å². The van der Waals surface area contributed by atoms with E-state index in [-0.39, 0.29) is 23.4 Å². The number of anilines is 1. The average Bonchev–Trinajstić information content (AvgIpc) is 3.48. The van der Waals surface area contributed by atoms with Gasteiger partial charge < -0.3 is 14.6 Å². The Labute approximate surface area is 190 Å². The quantitative estimate of drug-likeness (QED) is 0.492. The molecule has 2 atom stereocenters. The molecule has 2 aromatic heterocycles. The van der Waals surface area contributed by atoms with Gasteiger partial charge in [-0.3, -0.25) is 4.79 Å². The number of fused-ring (bicyclic) bond motifs is 1. The summed E-state index contributed by atoms with van der Waals surface area (Å²) in [5.74, 6) is -0.722. The highest BCUT2D eigenvalue weighted by Crippen LogP contribution is 2.29. The summed E-state index contributed by atoms with van der Waals surface area (Å²) < 4.78 is 20.8. The number of halogens is 1. The summed E-state index contributed by atoms with van der Waals surface area (Å²) in [4.78, 5) is 21.3. The maximum atomic E-state index is 15.1. The lowest BCUT2D eigenvalue weighted by Crippen LogP contribution is -2.51. The fourth-order valence-corrected chi connectivity index (χ4v) is 4.56. The summed E-state index contributed by atoms with van der Waals surface area (Å²) >= 11 is 0. The normalized spacial score (nSPS) is 18.6. The zero-order chi connectivity index (χ0) is 22.9. The van der Waals surface area contributed by atoms with Crippen molar-refractivity contribution in [1.82, 2.24) is 24.9 Å². The average molecular weight is 449 g/mol. The van der Waals surface area contributed by atoms with Gasteiger partial charge in [-0.2, -0.15) is 20.0 Å². The predicted molar refractivity (Wildman–Crippen MR) is 122 cm³/mol. The Balaban J connectivity index is 1.45. The van der Waals surface area contributed by atoms with E-state index in [1.807, 2.05) is 31.2 Å². The minimum atomic E-state index is -0.582. The van der Waals surface area contributed by atoms with Gasteiger partial charge >= 0.3 is 0 Å². The lowest BCUT2D eigenvalue weighted by molar-refractivity contribution is 0.0534. The number of carbonyl (C=O) groups excluding carboxylic acids is 1. The van der Waals surface area contributed by atoms with Crippen LogP contribution in [0.1, 0.15) is 35.7 Å². The molecule has 0 saturated carbocycles. The number of nitrogens with one attached hydrogen (secondary N) is 1. The number of para-hydroxylation sites is 2. The molecular weight excluding hydrogens is 423 g/mol. The molecule has 1 saturated heterocycles. The number of amides is 1. The monoisotopic (exact) mass is 448 g/mol. The second-order valence-electron chi connectivity index (χ2n) is 8.46. The molecule has 0 aliphatic carbocycles. The van der Waals surface area contributed by atoms with Gasteiger partial charge in [-0.05, 0) is 49.4 Å². The Bertz CT molecular complexity index is 1250. The zero-order valence-electron chi connectivity index (χ0n) is 18.5. The van der Waals surface area contributed by atoms with E-state index >= 15 is 4.39 Å². The second kappa shape index (κ2) is 8.65. The van der Waals surface area contributed by atoms with Crippen LogP contribution in [0.5, 0.6) is 0 Å². The Morgan fingerprint density at radius 2 is 2.00 bits per heavy atom. The molecule has 9 heteroatoms. The van der Waals surface area contributed by atoms with Crippen LogP contribution in [0, 0.1) is 18.7 Å². The molecule has 0 bridgehead atoms. The molecule has 0 unspecified atom stereocenters. The SMILES string of the molecule is Cc1ccc(F)c(C(=O)N2CCC[C@@H](C)[C@H]2CNc2nc3ccccc3o2)c1-n1nccn1. The fraction of sp³-hybridized carbons (Fsp3) is 0.333. The van der Waals surface area contributed by atoms with Gasteiger partial charge in [0.15, 0.2) is 5.58 Å². The fourth-order valence-electron chi connectivity index (χ4n) is 4.56. The van der Waals surface area contributed by atoms with E-state index in [0.717, 1.165) is 23.9 Å². The summed E-state index contributed by atoms with van der Waals surface area (Å²) in [5.41, 5.74) is 2.55. The lowest BCUT2D eigenvalue weighted by Gasteiger charge is -2.40. The van der Waals surface area contributed by atoms with Crippen LogP contribution in [0.25, 0.3) is 16.8 Å². The van der Waals surface area contributed by atoms with E-state index in [1.165, 1.54) is 23.3 Å². The van der Waals surface area contributed by atoms with Gasteiger partial charge in [0.05, 0.1) is 18.4 Å². The van der Waals surface area contributed by atoms with Gasteiger partial charge in [-0.25, -0.2) is 4.39 Å². The van der Waals surface area contributed by atoms with Crippen LogP contribution in [-0.4, -0.2) is 49.9 Å². The first-order chi connectivity index (χ1) is 16.0. The molecule has 1 fully saturated rings. The summed E-state index contributed by atoms with van der Waals surface area (Å²) in [6.45, 7) is 4.92. The Morgan fingerprint density at radius 1 is 1.21 bits per heavy atom. The van der Waals surface area contributed by atoms with Crippen LogP contribution in [0.3, 0.4) is 0 Å². The van der Waals surface area contributed by atoms with Gasteiger partial charge in [0, 0.05) is 13.1 Å². The Hall–Kier alpha value is -3.75. The number of hydrogen-bond donors (Lipinski definition) is 1. The van der Waals surface area contributed by atoms with E-state index in [9.17, 15) is 4.79 Å². The summed E-state index contributed by atoms with van der Waals surface area (Å²) in [6.07, 6.45) is 4.85. The third-order valence-corrected chi connectivity index (χ3v) is 6.29. The summed E-state index contributed by atoms with van der Waals surface area (Å²) in [6, 6.07) is 10.8. The van der Waals surface area contributed by atoms with E-state index < -0.39 is 5.82 Å². The smallest absolute Gasteiger partial charge is 0.295 e. The number of aromatic nitrogens is 4. The van der Waals surface area contributed by atoms with Crippen molar-refractivity contribution < 1.29 is 13.6 Å². The molecule has 33 heavy (non-hydrogen) atoms. The van der Waals surface area contributed by atoms with Gasteiger partial charge in [0.1, 0.15) is 22.6 Å². The Kier molecular flexibility index (Phi) is 5.53. The molecule has 1 N–H and O–H groups in total. The summed E-state index contributed by atoms with van der Waals surface area (Å²) in [5, 5.41) is 11.5. The van der Waals surface area contributed by atoms with E-state index in [2.05, 4.69) is 27.4 Å². The molecule has 0 radical (unpaired) electrons. The van der Waals surface area contributed by atoms with Crippen molar-refractivity contribution in [2.45, 2.75) is 32.7 Å². The summed E-state index contributed by atoms with van der Waals surface area (Å²) in [7, 11) is 0. The van der Waals surface area contributed by atoms with Crippen molar-refractivity contribution >= 4 is 23.0 Å². The molecule has 1 amide bonds. The van der Waals surface area contributed by atoms with Crippen molar-refractivity contribution in [1.29, 1.82) is 0 Å². The van der Waals surface area contributed by atoms with Gasteiger partial charge in [0.2, 0.25) is 0 Å². The number of piperidine rings is 1. The molecule has 170 valence electrons. The highest BCUT2D eigenvalue weighted by Gasteiger charge is 2.35. The first-order valence-electron chi connectivity index (χ1n) is 11.1. The van der Waals surface area contributed by atoms with E-state index in [1.54, 1.807) is 11.0 Å². The number of rotatable bonds is 5. The number of likely N-dealkylation sites (tertiary alicyclic amines) is 1. The molecule has 1 aliphatic heterocycles. The molecule has 1 aliphatic rings. The number of hydrogen-bond acceptors (Lipinski definition) is 6. The van der Waals surface area contributed by atoms with Crippen molar-refractivity contribution in [3.05, 3.63) is 65.7 Å². The second-order valence-corrected chi connectivity index (χ2v) is 8.46. The molecule has 3 heterocycles. The Morgan fingerprint density at radius 3 is 2.79 bits per heavy atom. The first kappa shape index (κ1) is 21.1. The standard InChI is InChI=1S/C24H25FN6O2/c1-15-6-5-13-30(19(15)14-26-24-29-18-7-3-4-8-20(18)33-24)23(32)21-17(25)10-9-16(2)22(21)31-27-11-12-28-31/h3-4,7-12,15,19H,5-6,13-14H2,1-2H3,(H,26,29)/t15-,19-/m1/s1. The van der Waals surface area contributed by atoms with Crippen LogP contribution in [0.2, 0.25) is 0 Å². The third kappa shape index (κ3) is 3.94. The van der Waals surface area contributed by atoms with Crippen LogP contribution in [-0.2, 0) is 0 Å². The zero-order valence-corrected chi connectivity index (χ0v) is 18.5. The number of nitrogens with zero attached hydrogens (tertiary/aromatic N) is 5. The number of aryl methyl sites for hydroxylation is 1. The molecule has 4 aromatic rings. The van der Waals surface area contributed by atoms with Gasteiger partial charge in [0.25, 0.3) is 11.9 Å². The van der Waals surface area contributed by atoms with E-state index in [4.69, 9.17) is 4.42 Å². The third-order valence-electron chi connectivity index (χ3n) is 6.29. The van der Waals surface area contributed by atoms with Crippen LogP contribution < -0.4 is 5.32 Å². The van der Waals surface area contributed by atoms with E-state index in [0.29, 0.717) is 30.4 Å². The minimum Gasteiger partial charge on any atom is -0.424 e. The molecular formula is C24H25FN6O2. The maximum Gasteiger partial charge on any atom is 0.295 e. The molecule has 0 spiro atoms. The van der Waals surface area contributed by atoms with Crippen LogP contribution >= 0.6 is 0 Å². The topological polar surface area (TPSA) is 89.1 Å². The van der Waals surface area contributed by atoms with Crippen molar-refractivity contribution in [2.75, 3.05) is 18.4 Å². The largest absolute Gasteiger partial charge is 0.424 e. The molecule has 2 aromatic carbocycles.